The summed E-state index contributed by atoms with van der Waals surface area (Å²) in [4.78, 5) is 39.5. The highest BCUT2D eigenvalue weighted by atomic mass is 16.5. The molecule has 0 fully saturated rings. The minimum atomic E-state index is -0.562. The molecule has 4 rings (SSSR count). The maximum atomic E-state index is 12.8. The van der Waals surface area contributed by atoms with E-state index in [1.54, 1.807) is 55.1 Å². The fourth-order valence-electron chi connectivity index (χ4n) is 3.85. The Labute approximate surface area is 190 Å². The molecule has 4 aromatic rings. The Morgan fingerprint density at radius 1 is 0.879 bits per heavy atom. The number of amides is 1. The first kappa shape index (κ1) is 22.1. The van der Waals surface area contributed by atoms with E-state index in [0.29, 0.717) is 34.1 Å². The summed E-state index contributed by atoms with van der Waals surface area (Å²) in [5.41, 5.74) is 2.04. The Kier molecular flexibility index (Phi) is 6.40. The van der Waals surface area contributed by atoms with E-state index in [9.17, 15) is 14.4 Å². The molecular weight excluding hydrogens is 420 g/mol. The zero-order valence-electron chi connectivity index (χ0n) is 18.5. The summed E-state index contributed by atoms with van der Waals surface area (Å²) in [5.74, 6) is -0.206. The maximum Gasteiger partial charge on any atom is 0.326 e. The molecule has 0 aliphatic carbocycles. The van der Waals surface area contributed by atoms with Crippen LogP contribution in [0.25, 0.3) is 21.8 Å². The molecule has 0 atom stereocenters. The van der Waals surface area contributed by atoms with Crippen LogP contribution < -0.4 is 10.2 Å². The van der Waals surface area contributed by atoms with Gasteiger partial charge in [-0.3, -0.25) is 14.4 Å². The number of carbonyl (C=O) groups is 2. The molecule has 168 valence electrons. The van der Waals surface area contributed by atoms with Crippen LogP contribution in [0.3, 0.4) is 0 Å². The first-order chi connectivity index (χ1) is 16.0. The number of ether oxygens (including phenoxy) is 2. The van der Waals surface area contributed by atoms with Crippen LogP contribution in [0.2, 0.25) is 0 Å². The van der Waals surface area contributed by atoms with Gasteiger partial charge in [-0.05, 0) is 30.3 Å². The van der Waals surface area contributed by atoms with Crippen LogP contribution >= 0.6 is 0 Å². The lowest BCUT2D eigenvalue weighted by atomic mass is 10.1. The minimum absolute atomic E-state index is 0.0843. The van der Waals surface area contributed by atoms with Gasteiger partial charge in [0.2, 0.25) is 0 Å². The van der Waals surface area contributed by atoms with Gasteiger partial charge < -0.3 is 18.9 Å². The van der Waals surface area contributed by atoms with Gasteiger partial charge in [-0.2, -0.15) is 0 Å². The third kappa shape index (κ3) is 4.57. The van der Waals surface area contributed by atoms with Crippen molar-refractivity contribution in [1.29, 1.82) is 0 Å². The number of likely N-dealkylation sites (N-methyl/N-ethyl adjacent to an activating group) is 1. The summed E-state index contributed by atoms with van der Waals surface area (Å²) in [6, 6.07) is 21.7. The number of carbonyl (C=O) groups excluding carboxylic acids is 2. The van der Waals surface area contributed by atoms with Crippen LogP contribution in [-0.2, 0) is 27.4 Å². The number of hydrogen-bond acceptors (Lipinski definition) is 5. The third-order valence-corrected chi connectivity index (χ3v) is 5.55. The third-order valence-electron chi connectivity index (χ3n) is 5.55. The average Bonchev–Trinajstić information content (AvgIpc) is 2.85. The van der Waals surface area contributed by atoms with Crippen molar-refractivity contribution in [2.75, 3.05) is 20.8 Å². The molecule has 7 nitrogen and oxygen atoms in total. The molecule has 0 saturated carbocycles. The van der Waals surface area contributed by atoms with Gasteiger partial charge in [0.1, 0.15) is 12.3 Å². The van der Waals surface area contributed by atoms with Crippen molar-refractivity contribution in [1.82, 2.24) is 9.47 Å². The van der Waals surface area contributed by atoms with Crippen molar-refractivity contribution in [2.45, 2.75) is 13.1 Å². The first-order valence-electron chi connectivity index (χ1n) is 10.5. The second kappa shape index (κ2) is 9.56. The van der Waals surface area contributed by atoms with Crippen molar-refractivity contribution in [3.05, 3.63) is 88.6 Å². The van der Waals surface area contributed by atoms with Gasteiger partial charge in [0.25, 0.3) is 5.91 Å². The van der Waals surface area contributed by atoms with Gasteiger partial charge >= 0.3 is 5.97 Å². The van der Waals surface area contributed by atoms with Crippen molar-refractivity contribution in [3.63, 3.8) is 0 Å². The van der Waals surface area contributed by atoms with Crippen LogP contribution in [0.4, 0.5) is 0 Å². The summed E-state index contributed by atoms with van der Waals surface area (Å²) in [6.45, 7) is -0.166. The lowest BCUT2D eigenvalue weighted by molar-refractivity contribution is -0.152. The molecule has 7 heteroatoms. The molecule has 0 bridgehead atoms. The van der Waals surface area contributed by atoms with Crippen molar-refractivity contribution >= 4 is 33.7 Å². The van der Waals surface area contributed by atoms with Gasteiger partial charge in [0.05, 0.1) is 18.1 Å². The molecule has 1 aromatic heterocycles. The lowest BCUT2D eigenvalue weighted by Crippen LogP contribution is -2.31. The number of benzene rings is 3. The molecule has 1 heterocycles. The van der Waals surface area contributed by atoms with Crippen LogP contribution in [0.5, 0.6) is 5.75 Å². The number of aromatic nitrogens is 1. The molecule has 0 N–H and O–H groups in total. The second-order valence-electron chi connectivity index (χ2n) is 7.67. The van der Waals surface area contributed by atoms with Crippen LogP contribution in [0.1, 0.15) is 5.56 Å². The molecule has 33 heavy (non-hydrogen) atoms. The largest absolute Gasteiger partial charge is 0.496 e. The molecule has 0 spiro atoms. The maximum absolute atomic E-state index is 12.8. The summed E-state index contributed by atoms with van der Waals surface area (Å²) in [7, 11) is 3.22. The molecule has 1 amide bonds. The number of esters is 1. The Morgan fingerprint density at radius 2 is 1.45 bits per heavy atom. The molecule has 0 radical (unpaired) electrons. The number of methoxy groups -OCH3 is 1. The highest BCUT2D eigenvalue weighted by molar-refractivity contribution is 5.94. The molecule has 3 aromatic carbocycles. The first-order valence-corrected chi connectivity index (χ1v) is 10.5. The van der Waals surface area contributed by atoms with Gasteiger partial charge in [0, 0.05) is 29.9 Å². The van der Waals surface area contributed by atoms with Gasteiger partial charge in [-0.25, -0.2) is 0 Å². The van der Waals surface area contributed by atoms with E-state index < -0.39 is 5.97 Å². The van der Waals surface area contributed by atoms with Crippen LogP contribution in [-0.4, -0.2) is 42.1 Å². The molecule has 0 saturated heterocycles. The Hall–Kier alpha value is -4.13. The number of hydrogen-bond donors (Lipinski definition) is 0. The second-order valence-corrected chi connectivity index (χ2v) is 7.67. The Bertz CT molecular complexity index is 1330. The Morgan fingerprint density at radius 3 is 2.09 bits per heavy atom. The SMILES string of the molecule is COc1ccccc1CN(C)C(=O)COC(=O)Cn1c2ccccc2c(=O)c2ccccc21. The standard InChI is InChI=1S/C26H24N2O5/c1-27(15-18-9-3-8-14-23(18)32-2)24(29)17-33-25(30)16-28-21-12-6-4-10-19(21)26(31)20-11-5-7-13-22(20)28/h3-14H,15-17H2,1-2H3. The molecule has 0 aliphatic heterocycles. The summed E-state index contributed by atoms with van der Waals surface area (Å²) in [6.07, 6.45) is 0. The summed E-state index contributed by atoms with van der Waals surface area (Å²) in [5, 5.41) is 1.05. The van der Waals surface area contributed by atoms with E-state index in [0.717, 1.165) is 5.56 Å². The quantitative estimate of drug-likeness (QED) is 0.323. The monoisotopic (exact) mass is 444 g/mol. The van der Waals surface area contributed by atoms with Gasteiger partial charge in [-0.15, -0.1) is 0 Å². The molecular formula is C26H24N2O5. The van der Waals surface area contributed by atoms with Crippen LogP contribution in [0.15, 0.2) is 77.6 Å². The fourth-order valence-corrected chi connectivity index (χ4v) is 3.85. The Balaban J connectivity index is 1.48. The van der Waals surface area contributed by atoms with Crippen molar-refractivity contribution in [2.24, 2.45) is 0 Å². The minimum Gasteiger partial charge on any atom is -0.496 e. The van der Waals surface area contributed by atoms with E-state index in [-0.39, 0.29) is 24.5 Å². The van der Waals surface area contributed by atoms with Crippen molar-refractivity contribution in [3.8, 4) is 5.75 Å². The number of nitrogens with zero attached hydrogens (tertiary/aromatic N) is 2. The van der Waals surface area contributed by atoms with E-state index in [2.05, 4.69) is 0 Å². The van der Waals surface area contributed by atoms with Crippen molar-refractivity contribution < 1.29 is 19.1 Å². The summed E-state index contributed by atoms with van der Waals surface area (Å²) >= 11 is 0. The number of pyridine rings is 1. The molecule has 0 aliphatic rings. The number of fused-ring (bicyclic) bond motifs is 2. The normalized spacial score (nSPS) is 10.8. The van der Waals surface area contributed by atoms with E-state index >= 15 is 0 Å². The fraction of sp³-hybridized carbons (Fsp3) is 0.192. The predicted octanol–water partition coefficient (Wildman–Crippen LogP) is 3.37. The zero-order valence-corrected chi connectivity index (χ0v) is 18.5. The highest BCUT2D eigenvalue weighted by Crippen LogP contribution is 2.20. The molecule has 0 unspecified atom stereocenters. The average molecular weight is 444 g/mol. The highest BCUT2D eigenvalue weighted by Gasteiger charge is 2.17. The van der Waals surface area contributed by atoms with Gasteiger partial charge in [-0.1, -0.05) is 42.5 Å². The van der Waals surface area contributed by atoms with Crippen LogP contribution in [0, 0.1) is 0 Å². The van der Waals surface area contributed by atoms with Gasteiger partial charge in [0.15, 0.2) is 12.0 Å². The van der Waals surface area contributed by atoms with E-state index in [1.165, 1.54) is 4.90 Å². The zero-order chi connectivity index (χ0) is 23.4. The van der Waals surface area contributed by atoms with E-state index in [4.69, 9.17) is 9.47 Å². The topological polar surface area (TPSA) is 77.8 Å². The predicted molar refractivity (Wildman–Crippen MR) is 126 cm³/mol. The van der Waals surface area contributed by atoms with E-state index in [1.807, 2.05) is 36.4 Å². The number of para-hydroxylation sites is 3. The summed E-state index contributed by atoms with van der Waals surface area (Å²) < 4.78 is 12.4. The number of rotatable bonds is 7. The lowest BCUT2D eigenvalue weighted by Gasteiger charge is -2.19. The smallest absolute Gasteiger partial charge is 0.326 e.